The van der Waals surface area contributed by atoms with Crippen LogP contribution in [0.2, 0.25) is 0 Å². The van der Waals surface area contributed by atoms with Crippen molar-refractivity contribution in [2.75, 3.05) is 32.6 Å². The van der Waals surface area contributed by atoms with Crippen molar-refractivity contribution < 1.29 is 4.79 Å². The molecular formula is C13H20ClN5O. The molecule has 0 bridgehead atoms. The normalized spacial score (nSPS) is 23.7. The van der Waals surface area contributed by atoms with Crippen LogP contribution in [0.4, 0.5) is 0 Å². The summed E-state index contributed by atoms with van der Waals surface area (Å²) in [4.78, 5) is 15.9. The zero-order valence-corrected chi connectivity index (χ0v) is 12.5. The van der Waals surface area contributed by atoms with Gasteiger partial charge in [0.25, 0.3) is 0 Å². The van der Waals surface area contributed by atoms with Crippen LogP contribution in [0.1, 0.15) is 30.4 Å². The molecule has 0 radical (unpaired) electrons. The molecule has 0 aromatic carbocycles. The number of carbonyl (C=O) groups is 1. The van der Waals surface area contributed by atoms with Gasteiger partial charge in [0.1, 0.15) is 17.5 Å². The average Bonchev–Trinajstić information content (AvgIpc) is 2.89. The minimum absolute atomic E-state index is 0.0227. The predicted octanol–water partition coefficient (Wildman–Crippen LogP) is 0.668. The summed E-state index contributed by atoms with van der Waals surface area (Å²) in [5, 5.41) is 8.71. The van der Waals surface area contributed by atoms with E-state index >= 15 is 0 Å². The zero-order chi connectivity index (χ0) is 14.1. The molecule has 0 aliphatic carbocycles. The predicted molar refractivity (Wildman–Crippen MR) is 75.6 cm³/mol. The molecule has 1 atom stereocenters. The number of piperidine rings is 1. The van der Waals surface area contributed by atoms with Crippen molar-refractivity contribution in [3.8, 4) is 0 Å². The lowest BCUT2D eigenvalue weighted by Gasteiger charge is -2.33. The average molecular weight is 298 g/mol. The summed E-state index contributed by atoms with van der Waals surface area (Å²) in [5.41, 5.74) is 0. The summed E-state index contributed by atoms with van der Waals surface area (Å²) < 4.78 is 2.24. The van der Waals surface area contributed by atoms with Crippen molar-refractivity contribution in [2.24, 2.45) is 0 Å². The number of fused-ring (bicyclic) bond motifs is 1. The molecule has 6 nitrogen and oxygen atoms in total. The Morgan fingerprint density at radius 3 is 3.00 bits per heavy atom. The smallest absolute Gasteiger partial charge is 0.237 e. The van der Waals surface area contributed by atoms with Crippen LogP contribution < -0.4 is 0 Å². The van der Waals surface area contributed by atoms with Gasteiger partial charge in [-0.05, 0) is 19.9 Å². The Morgan fingerprint density at radius 1 is 1.35 bits per heavy atom. The van der Waals surface area contributed by atoms with E-state index in [2.05, 4.69) is 26.7 Å². The minimum Gasteiger partial charge on any atom is -0.341 e. The van der Waals surface area contributed by atoms with Crippen molar-refractivity contribution in [3.63, 3.8) is 0 Å². The first-order valence-electron chi connectivity index (χ1n) is 7.13. The van der Waals surface area contributed by atoms with E-state index in [9.17, 15) is 4.79 Å². The number of nitrogens with zero attached hydrogens (tertiary/aromatic N) is 5. The van der Waals surface area contributed by atoms with E-state index in [1.807, 2.05) is 4.90 Å². The number of carbonyl (C=O) groups excluding carboxylic acids is 1. The van der Waals surface area contributed by atoms with Gasteiger partial charge in [-0.3, -0.25) is 9.69 Å². The Morgan fingerprint density at radius 2 is 2.20 bits per heavy atom. The summed E-state index contributed by atoms with van der Waals surface area (Å²) in [6, 6.07) is 0. The van der Waals surface area contributed by atoms with Crippen molar-refractivity contribution in [1.29, 1.82) is 0 Å². The van der Waals surface area contributed by atoms with E-state index in [-0.39, 0.29) is 11.8 Å². The number of halogens is 1. The largest absolute Gasteiger partial charge is 0.341 e. The van der Waals surface area contributed by atoms with Crippen LogP contribution >= 0.6 is 11.6 Å². The molecule has 1 unspecified atom stereocenters. The number of likely N-dealkylation sites (N-methyl/N-ethyl adjacent to an activating group) is 1. The van der Waals surface area contributed by atoms with Gasteiger partial charge in [0.2, 0.25) is 5.91 Å². The molecule has 3 heterocycles. The van der Waals surface area contributed by atoms with E-state index in [1.54, 1.807) is 0 Å². The molecule has 1 aromatic heterocycles. The molecule has 1 fully saturated rings. The lowest BCUT2D eigenvalue weighted by Crippen LogP contribution is -2.41. The molecular weight excluding hydrogens is 278 g/mol. The second kappa shape index (κ2) is 5.69. The summed E-state index contributed by atoms with van der Waals surface area (Å²) in [6.07, 6.45) is 2.08. The maximum absolute atomic E-state index is 11.8. The fraction of sp³-hybridized carbons (Fsp3) is 0.769. The fourth-order valence-corrected chi connectivity index (χ4v) is 3.27. The van der Waals surface area contributed by atoms with Gasteiger partial charge in [0, 0.05) is 32.1 Å². The van der Waals surface area contributed by atoms with Crippen LogP contribution in [-0.2, 0) is 17.9 Å². The Hall–Kier alpha value is -1.14. The lowest BCUT2D eigenvalue weighted by atomic mass is 9.97. The molecule has 110 valence electrons. The zero-order valence-electron chi connectivity index (χ0n) is 11.8. The van der Waals surface area contributed by atoms with Gasteiger partial charge in [-0.25, -0.2) is 0 Å². The molecule has 0 spiro atoms. The van der Waals surface area contributed by atoms with Crippen molar-refractivity contribution in [2.45, 2.75) is 31.8 Å². The summed E-state index contributed by atoms with van der Waals surface area (Å²) in [6.45, 7) is 4.35. The summed E-state index contributed by atoms with van der Waals surface area (Å²) >= 11 is 5.66. The molecule has 7 heteroatoms. The maximum Gasteiger partial charge on any atom is 0.237 e. The van der Waals surface area contributed by atoms with E-state index in [0.29, 0.717) is 5.92 Å². The quantitative estimate of drug-likeness (QED) is 0.753. The first-order valence-corrected chi connectivity index (χ1v) is 7.66. The number of likely N-dealkylation sites (tertiary alicyclic amines) is 1. The molecule has 2 aliphatic rings. The molecule has 1 saturated heterocycles. The van der Waals surface area contributed by atoms with Gasteiger partial charge in [-0.15, -0.1) is 21.8 Å². The van der Waals surface area contributed by atoms with E-state index in [0.717, 1.165) is 57.2 Å². The van der Waals surface area contributed by atoms with Crippen LogP contribution in [0.15, 0.2) is 0 Å². The molecule has 3 rings (SSSR count). The Kier molecular flexibility index (Phi) is 3.94. The number of amides is 1. The first kappa shape index (κ1) is 13.8. The molecule has 0 saturated carbocycles. The van der Waals surface area contributed by atoms with Crippen molar-refractivity contribution in [3.05, 3.63) is 11.6 Å². The van der Waals surface area contributed by atoms with Gasteiger partial charge >= 0.3 is 0 Å². The number of aromatic nitrogens is 3. The number of hydrogen-bond donors (Lipinski definition) is 0. The van der Waals surface area contributed by atoms with Gasteiger partial charge in [-0.2, -0.15) is 0 Å². The van der Waals surface area contributed by atoms with Crippen LogP contribution in [0.25, 0.3) is 0 Å². The highest BCUT2D eigenvalue weighted by Gasteiger charge is 2.29. The number of hydrogen-bond acceptors (Lipinski definition) is 4. The number of rotatable bonds is 2. The fourth-order valence-electron chi connectivity index (χ4n) is 3.10. The Bertz CT molecular complexity index is 503. The first-order chi connectivity index (χ1) is 9.69. The molecule has 1 aromatic rings. The third-order valence-corrected chi connectivity index (χ3v) is 4.45. The SMILES string of the molecule is CN1CCn2c(nnc2C2CCCN(C(=O)CCl)C2)C1. The maximum atomic E-state index is 11.8. The van der Waals surface area contributed by atoms with E-state index < -0.39 is 0 Å². The molecule has 2 aliphatic heterocycles. The molecule has 1 amide bonds. The molecule has 0 N–H and O–H groups in total. The topological polar surface area (TPSA) is 54.3 Å². The lowest BCUT2D eigenvalue weighted by molar-refractivity contribution is -0.129. The third kappa shape index (κ3) is 2.54. The summed E-state index contributed by atoms with van der Waals surface area (Å²) in [7, 11) is 2.10. The van der Waals surface area contributed by atoms with Crippen LogP contribution in [0.5, 0.6) is 0 Å². The van der Waals surface area contributed by atoms with E-state index in [4.69, 9.17) is 11.6 Å². The standard InChI is InChI=1S/C13H20ClN5O/c1-17-5-6-19-11(9-17)15-16-13(19)10-3-2-4-18(8-10)12(20)7-14/h10H,2-9H2,1H3. The second-order valence-electron chi connectivity index (χ2n) is 5.68. The van der Waals surface area contributed by atoms with Crippen molar-refractivity contribution in [1.82, 2.24) is 24.6 Å². The van der Waals surface area contributed by atoms with Crippen molar-refractivity contribution >= 4 is 17.5 Å². The monoisotopic (exact) mass is 297 g/mol. The van der Waals surface area contributed by atoms with Gasteiger partial charge in [0.15, 0.2) is 0 Å². The van der Waals surface area contributed by atoms with Crippen LogP contribution in [0, 0.1) is 0 Å². The van der Waals surface area contributed by atoms with Gasteiger partial charge in [-0.1, -0.05) is 0 Å². The highest BCUT2D eigenvalue weighted by molar-refractivity contribution is 6.27. The number of alkyl halides is 1. The summed E-state index contributed by atoms with van der Waals surface area (Å²) in [5.74, 6) is 2.46. The second-order valence-corrected chi connectivity index (χ2v) is 5.94. The van der Waals surface area contributed by atoms with Gasteiger partial charge in [0.05, 0.1) is 6.54 Å². The Labute approximate surface area is 123 Å². The highest BCUT2D eigenvalue weighted by Crippen LogP contribution is 2.27. The van der Waals surface area contributed by atoms with Gasteiger partial charge < -0.3 is 9.47 Å². The Balaban J connectivity index is 1.78. The molecule has 20 heavy (non-hydrogen) atoms. The minimum atomic E-state index is 0.0227. The van der Waals surface area contributed by atoms with Crippen LogP contribution in [-0.4, -0.2) is 63.0 Å². The van der Waals surface area contributed by atoms with E-state index in [1.165, 1.54) is 0 Å². The third-order valence-electron chi connectivity index (χ3n) is 4.23. The highest BCUT2D eigenvalue weighted by atomic mass is 35.5. The van der Waals surface area contributed by atoms with Crippen LogP contribution in [0.3, 0.4) is 0 Å².